The number of aromatic nitrogens is 1. The lowest BCUT2D eigenvalue weighted by Gasteiger charge is -2.07. The number of nitrogens with one attached hydrogen (secondary N) is 1. The van der Waals surface area contributed by atoms with Crippen molar-refractivity contribution in [2.45, 2.75) is 4.90 Å². The number of nitrogens with two attached hydrogens (primary N) is 1. The second-order valence-corrected chi connectivity index (χ2v) is 5.66. The average Bonchev–Trinajstić information content (AvgIpc) is 2.28. The van der Waals surface area contributed by atoms with Gasteiger partial charge in [-0.05, 0) is 24.3 Å². The number of rotatable bonds is 3. The molecule has 94 valence electrons. The van der Waals surface area contributed by atoms with Crippen molar-refractivity contribution in [3.8, 4) is 0 Å². The Labute approximate surface area is 110 Å². The van der Waals surface area contributed by atoms with Gasteiger partial charge in [-0.15, -0.1) is 0 Å². The summed E-state index contributed by atoms with van der Waals surface area (Å²) < 4.78 is 26.4. The molecule has 0 bridgehead atoms. The topological polar surface area (TPSA) is 85.1 Å². The van der Waals surface area contributed by atoms with Crippen molar-refractivity contribution in [3.05, 3.63) is 47.6 Å². The summed E-state index contributed by atoms with van der Waals surface area (Å²) in [7, 11) is -3.70. The van der Waals surface area contributed by atoms with Crippen molar-refractivity contribution >= 4 is 33.1 Å². The normalized spacial score (nSPS) is 11.2. The van der Waals surface area contributed by atoms with Gasteiger partial charge in [0.05, 0.1) is 4.90 Å². The Bertz CT molecular complexity index is 673. The lowest BCUT2D eigenvalue weighted by Crippen LogP contribution is -2.14. The van der Waals surface area contributed by atoms with Crippen LogP contribution in [0.4, 0.5) is 11.5 Å². The molecule has 7 heteroatoms. The Balaban J connectivity index is 2.33. The van der Waals surface area contributed by atoms with E-state index in [4.69, 9.17) is 17.3 Å². The van der Waals surface area contributed by atoms with Crippen molar-refractivity contribution in [1.29, 1.82) is 0 Å². The van der Waals surface area contributed by atoms with Gasteiger partial charge in [-0.25, -0.2) is 13.4 Å². The number of hydrogen-bond acceptors (Lipinski definition) is 4. The lowest BCUT2D eigenvalue weighted by molar-refractivity contribution is 0.601. The minimum absolute atomic E-state index is 0.0734. The summed E-state index contributed by atoms with van der Waals surface area (Å²) in [6, 6.07) is 8.97. The highest BCUT2D eigenvalue weighted by Crippen LogP contribution is 2.18. The standard InChI is InChI=1S/C11H10ClN3O2S/c12-8-4-5-14-11(6-8)15-18(16,17)10-3-1-2-9(13)7-10/h1-7H,13H2,(H,14,15). The molecule has 1 aromatic carbocycles. The number of nitrogen functional groups attached to an aromatic ring is 1. The molecule has 3 N–H and O–H groups in total. The first kappa shape index (κ1) is 12.7. The molecule has 0 saturated carbocycles. The fraction of sp³-hybridized carbons (Fsp3) is 0. The number of anilines is 2. The first-order valence-electron chi connectivity index (χ1n) is 4.97. The van der Waals surface area contributed by atoms with Crippen LogP contribution in [0.15, 0.2) is 47.5 Å². The van der Waals surface area contributed by atoms with E-state index in [0.29, 0.717) is 10.7 Å². The van der Waals surface area contributed by atoms with Gasteiger partial charge in [0.15, 0.2) is 0 Å². The lowest BCUT2D eigenvalue weighted by atomic mass is 10.3. The summed E-state index contributed by atoms with van der Waals surface area (Å²) in [6.07, 6.45) is 1.42. The first-order chi connectivity index (χ1) is 8.47. The van der Waals surface area contributed by atoms with Crippen molar-refractivity contribution in [3.63, 3.8) is 0 Å². The Morgan fingerprint density at radius 3 is 2.67 bits per heavy atom. The van der Waals surface area contributed by atoms with E-state index < -0.39 is 10.0 Å². The van der Waals surface area contributed by atoms with Gasteiger partial charge in [-0.1, -0.05) is 17.7 Å². The molecule has 1 heterocycles. The number of sulfonamides is 1. The monoisotopic (exact) mass is 283 g/mol. The number of nitrogens with zero attached hydrogens (tertiary/aromatic N) is 1. The van der Waals surface area contributed by atoms with Crippen LogP contribution in [0.2, 0.25) is 5.02 Å². The van der Waals surface area contributed by atoms with Gasteiger partial charge in [0.1, 0.15) is 5.82 Å². The predicted molar refractivity (Wildman–Crippen MR) is 70.9 cm³/mol. The summed E-state index contributed by atoms with van der Waals surface area (Å²) in [5.41, 5.74) is 5.92. The fourth-order valence-corrected chi connectivity index (χ4v) is 2.55. The van der Waals surface area contributed by atoms with Gasteiger partial charge in [-0.3, -0.25) is 4.72 Å². The zero-order chi connectivity index (χ0) is 13.2. The van der Waals surface area contributed by atoms with Crippen LogP contribution in [0.1, 0.15) is 0 Å². The molecule has 0 saturated heterocycles. The van der Waals surface area contributed by atoms with Crippen molar-refractivity contribution in [2.24, 2.45) is 0 Å². The Hall–Kier alpha value is -1.79. The van der Waals surface area contributed by atoms with E-state index in [0.717, 1.165) is 0 Å². The van der Waals surface area contributed by atoms with Crippen LogP contribution in [0, 0.1) is 0 Å². The second kappa shape index (κ2) is 4.83. The maximum absolute atomic E-state index is 12.0. The molecular weight excluding hydrogens is 274 g/mol. The molecule has 2 aromatic rings. The Morgan fingerprint density at radius 2 is 2.00 bits per heavy atom. The Morgan fingerprint density at radius 1 is 1.22 bits per heavy atom. The van der Waals surface area contributed by atoms with Crippen molar-refractivity contribution in [2.75, 3.05) is 10.5 Å². The van der Waals surface area contributed by atoms with Gasteiger partial charge < -0.3 is 5.73 Å². The fourth-order valence-electron chi connectivity index (χ4n) is 1.34. The number of halogens is 1. The van der Waals surface area contributed by atoms with E-state index >= 15 is 0 Å². The van der Waals surface area contributed by atoms with Gasteiger partial charge in [0, 0.05) is 23.0 Å². The minimum Gasteiger partial charge on any atom is -0.399 e. The SMILES string of the molecule is Nc1cccc(S(=O)(=O)Nc2cc(Cl)ccn2)c1. The van der Waals surface area contributed by atoms with Crippen LogP contribution in [0.3, 0.4) is 0 Å². The van der Waals surface area contributed by atoms with E-state index in [1.165, 1.54) is 24.4 Å². The van der Waals surface area contributed by atoms with Crippen molar-refractivity contribution < 1.29 is 8.42 Å². The average molecular weight is 284 g/mol. The predicted octanol–water partition coefficient (Wildman–Crippen LogP) is 2.12. The highest BCUT2D eigenvalue weighted by atomic mass is 35.5. The highest BCUT2D eigenvalue weighted by Gasteiger charge is 2.14. The molecule has 0 fully saturated rings. The smallest absolute Gasteiger partial charge is 0.263 e. The highest BCUT2D eigenvalue weighted by molar-refractivity contribution is 7.92. The number of benzene rings is 1. The van der Waals surface area contributed by atoms with Gasteiger partial charge >= 0.3 is 0 Å². The molecule has 18 heavy (non-hydrogen) atoms. The van der Waals surface area contributed by atoms with Crippen LogP contribution in [-0.2, 0) is 10.0 Å². The maximum atomic E-state index is 12.0. The molecule has 1 aromatic heterocycles. The van der Waals surface area contributed by atoms with Crippen LogP contribution < -0.4 is 10.5 Å². The van der Waals surface area contributed by atoms with E-state index in [9.17, 15) is 8.42 Å². The van der Waals surface area contributed by atoms with Crippen LogP contribution in [0.5, 0.6) is 0 Å². The molecule has 5 nitrogen and oxygen atoms in total. The molecule has 0 unspecified atom stereocenters. The van der Waals surface area contributed by atoms with Gasteiger partial charge in [0.2, 0.25) is 0 Å². The molecule has 0 aliphatic carbocycles. The largest absolute Gasteiger partial charge is 0.399 e. The third kappa shape index (κ3) is 2.91. The molecule has 0 radical (unpaired) electrons. The summed E-state index contributed by atoms with van der Waals surface area (Å²) in [6.45, 7) is 0. The summed E-state index contributed by atoms with van der Waals surface area (Å²) >= 11 is 5.75. The molecule has 0 spiro atoms. The number of hydrogen-bond donors (Lipinski definition) is 2. The molecule has 0 aliphatic rings. The quantitative estimate of drug-likeness (QED) is 0.845. The van der Waals surface area contributed by atoms with Gasteiger partial charge in [0.25, 0.3) is 10.0 Å². The summed E-state index contributed by atoms with van der Waals surface area (Å²) in [5.74, 6) is 0.157. The molecular formula is C11H10ClN3O2S. The van der Waals surface area contributed by atoms with E-state index in [1.807, 2.05) is 0 Å². The van der Waals surface area contributed by atoms with Crippen LogP contribution >= 0.6 is 11.6 Å². The van der Waals surface area contributed by atoms with E-state index in [-0.39, 0.29) is 10.7 Å². The molecule has 0 amide bonds. The summed E-state index contributed by atoms with van der Waals surface area (Å²) in [5, 5.41) is 0.398. The zero-order valence-corrected chi connectivity index (χ0v) is 10.7. The Kier molecular flexibility index (Phi) is 3.40. The third-order valence-corrected chi connectivity index (χ3v) is 3.72. The minimum atomic E-state index is -3.70. The molecule has 2 rings (SSSR count). The van der Waals surface area contributed by atoms with Crippen molar-refractivity contribution in [1.82, 2.24) is 4.98 Å². The number of pyridine rings is 1. The van der Waals surface area contributed by atoms with E-state index in [2.05, 4.69) is 9.71 Å². The van der Waals surface area contributed by atoms with E-state index in [1.54, 1.807) is 18.2 Å². The van der Waals surface area contributed by atoms with Crippen LogP contribution in [-0.4, -0.2) is 13.4 Å². The zero-order valence-electron chi connectivity index (χ0n) is 9.17. The van der Waals surface area contributed by atoms with Crippen LogP contribution in [0.25, 0.3) is 0 Å². The second-order valence-electron chi connectivity index (χ2n) is 3.54. The summed E-state index contributed by atoms with van der Waals surface area (Å²) in [4.78, 5) is 3.94. The molecule has 0 atom stereocenters. The third-order valence-electron chi connectivity index (χ3n) is 2.13. The van der Waals surface area contributed by atoms with Gasteiger partial charge in [-0.2, -0.15) is 0 Å². The first-order valence-corrected chi connectivity index (χ1v) is 6.83. The maximum Gasteiger partial charge on any atom is 0.263 e. The molecule has 0 aliphatic heterocycles.